The highest BCUT2D eigenvalue weighted by atomic mass is 16.2. The third-order valence-electron chi connectivity index (χ3n) is 1.28. The number of carbonyl (C=O) groups excluding carboxylic acids is 4. The van der Waals surface area contributed by atoms with E-state index in [0.29, 0.717) is 0 Å². The van der Waals surface area contributed by atoms with E-state index >= 15 is 0 Å². The van der Waals surface area contributed by atoms with Gasteiger partial charge in [-0.1, -0.05) is 0 Å². The van der Waals surface area contributed by atoms with Crippen LogP contribution in [0.5, 0.6) is 0 Å². The predicted molar refractivity (Wildman–Crippen MR) is 53.5 cm³/mol. The smallest absolute Gasteiger partial charge is 0.250 e. The minimum Gasteiger partial charge on any atom is -0.322 e. The second-order valence-corrected chi connectivity index (χ2v) is 2.57. The normalized spacial score (nSPS) is 9.88. The number of amides is 4. The molecule has 0 aromatic rings. The van der Waals surface area contributed by atoms with Crippen LogP contribution in [0.25, 0.3) is 0 Å². The highest BCUT2D eigenvalue weighted by Crippen LogP contribution is 1.76. The van der Waals surface area contributed by atoms with Gasteiger partial charge in [0.05, 0.1) is 13.1 Å². The molecule has 0 saturated heterocycles. The van der Waals surface area contributed by atoms with Crippen molar-refractivity contribution >= 4 is 23.6 Å². The van der Waals surface area contributed by atoms with E-state index in [1.54, 1.807) is 0 Å². The first-order valence-electron chi connectivity index (χ1n) is 4.25. The van der Waals surface area contributed by atoms with Gasteiger partial charge in [-0.3, -0.25) is 29.8 Å². The average molecular weight is 228 g/mol. The van der Waals surface area contributed by atoms with Crippen LogP contribution in [-0.2, 0) is 19.2 Å². The molecule has 0 bridgehead atoms. The number of nitrogens with one attached hydrogen (secondary N) is 2. The lowest BCUT2D eigenvalue weighted by Crippen LogP contribution is -2.36. The third-order valence-corrected chi connectivity index (χ3v) is 1.28. The van der Waals surface area contributed by atoms with Gasteiger partial charge in [0.1, 0.15) is 0 Å². The molecule has 0 aromatic carbocycles. The number of hydrogen-bond acceptors (Lipinski definition) is 6. The Labute approximate surface area is 91.0 Å². The summed E-state index contributed by atoms with van der Waals surface area (Å²) >= 11 is 0. The predicted octanol–water partition coefficient (Wildman–Crippen LogP) is -3.25. The largest absolute Gasteiger partial charge is 0.322 e. The van der Waals surface area contributed by atoms with E-state index in [0.717, 1.165) is 12.2 Å². The van der Waals surface area contributed by atoms with Crippen LogP contribution < -0.4 is 22.1 Å². The zero-order chi connectivity index (χ0) is 12.6. The summed E-state index contributed by atoms with van der Waals surface area (Å²) in [5.74, 6) is -2.95. The van der Waals surface area contributed by atoms with Crippen LogP contribution >= 0.6 is 0 Å². The van der Waals surface area contributed by atoms with Gasteiger partial charge < -0.3 is 11.5 Å². The van der Waals surface area contributed by atoms with Gasteiger partial charge in [0.2, 0.25) is 11.8 Å². The van der Waals surface area contributed by atoms with Crippen molar-refractivity contribution in [2.45, 2.75) is 0 Å². The summed E-state index contributed by atoms with van der Waals surface area (Å²) in [4.78, 5) is 43.1. The first-order valence-corrected chi connectivity index (χ1v) is 4.25. The van der Waals surface area contributed by atoms with Crippen molar-refractivity contribution < 1.29 is 19.2 Å². The van der Waals surface area contributed by atoms with E-state index in [-0.39, 0.29) is 13.1 Å². The first-order chi connectivity index (χ1) is 7.49. The van der Waals surface area contributed by atoms with Crippen LogP contribution in [0.4, 0.5) is 0 Å². The molecule has 0 spiro atoms. The standard InChI is InChI=1S/C8H12N4O4/c9-3-7(15)11-5(13)1-2-6(14)12-8(16)4-10/h1-2H,3-4,9-10H2,(H,11,13,15)(H,12,14,16)/b2-1+. The Morgan fingerprint density at radius 1 is 0.812 bits per heavy atom. The van der Waals surface area contributed by atoms with Crippen LogP contribution in [-0.4, -0.2) is 36.7 Å². The van der Waals surface area contributed by atoms with Gasteiger partial charge in [-0.25, -0.2) is 0 Å². The molecule has 0 radical (unpaired) electrons. The molecular weight excluding hydrogens is 216 g/mol. The van der Waals surface area contributed by atoms with Crippen LogP contribution in [0.3, 0.4) is 0 Å². The van der Waals surface area contributed by atoms with Gasteiger partial charge in [0.15, 0.2) is 0 Å². The van der Waals surface area contributed by atoms with Crippen molar-refractivity contribution in [3.05, 3.63) is 12.2 Å². The molecule has 0 heterocycles. The lowest BCUT2D eigenvalue weighted by molar-refractivity contribution is -0.129. The molecule has 0 aromatic heterocycles. The van der Waals surface area contributed by atoms with Gasteiger partial charge in [0.25, 0.3) is 11.8 Å². The minimum absolute atomic E-state index is 0.336. The van der Waals surface area contributed by atoms with Crippen LogP contribution in [0.15, 0.2) is 12.2 Å². The molecule has 0 rings (SSSR count). The zero-order valence-corrected chi connectivity index (χ0v) is 8.36. The molecule has 0 aliphatic carbocycles. The molecule has 0 aliphatic heterocycles. The molecule has 0 unspecified atom stereocenters. The second kappa shape index (κ2) is 7.26. The van der Waals surface area contributed by atoms with Crippen LogP contribution in [0.2, 0.25) is 0 Å². The van der Waals surface area contributed by atoms with Crippen LogP contribution in [0, 0.1) is 0 Å². The summed E-state index contributed by atoms with van der Waals surface area (Å²) < 4.78 is 0. The molecule has 88 valence electrons. The third kappa shape index (κ3) is 6.40. The highest BCUT2D eigenvalue weighted by molar-refractivity contribution is 6.07. The quantitative estimate of drug-likeness (QED) is 0.372. The number of hydrogen-bond donors (Lipinski definition) is 4. The maximum absolute atomic E-state index is 10.9. The average Bonchev–Trinajstić information content (AvgIpc) is 2.26. The lowest BCUT2D eigenvalue weighted by atomic mass is 10.4. The summed E-state index contributed by atoms with van der Waals surface area (Å²) in [7, 11) is 0. The molecule has 8 heteroatoms. The molecule has 6 N–H and O–H groups in total. The lowest BCUT2D eigenvalue weighted by Gasteiger charge is -1.97. The van der Waals surface area contributed by atoms with Gasteiger partial charge >= 0.3 is 0 Å². The summed E-state index contributed by atoms with van der Waals surface area (Å²) in [5.41, 5.74) is 9.87. The highest BCUT2D eigenvalue weighted by Gasteiger charge is 2.04. The molecule has 4 amide bonds. The first kappa shape index (κ1) is 13.9. The van der Waals surface area contributed by atoms with E-state index in [2.05, 4.69) is 0 Å². The van der Waals surface area contributed by atoms with Crippen molar-refractivity contribution in [1.82, 2.24) is 10.6 Å². The topological polar surface area (TPSA) is 144 Å². The number of carbonyl (C=O) groups is 4. The Bertz CT molecular complexity index is 305. The van der Waals surface area contributed by atoms with Gasteiger partial charge in [-0.05, 0) is 0 Å². The summed E-state index contributed by atoms with van der Waals surface area (Å²) in [6.45, 7) is -0.672. The summed E-state index contributed by atoms with van der Waals surface area (Å²) in [6.07, 6.45) is 1.60. The summed E-state index contributed by atoms with van der Waals surface area (Å²) in [6, 6.07) is 0. The fourth-order valence-electron chi connectivity index (χ4n) is 0.612. The maximum Gasteiger partial charge on any atom is 0.250 e. The molecule has 0 aliphatic rings. The monoisotopic (exact) mass is 228 g/mol. The van der Waals surface area contributed by atoms with Gasteiger partial charge in [-0.15, -0.1) is 0 Å². The van der Waals surface area contributed by atoms with E-state index < -0.39 is 23.6 Å². The molecule has 0 saturated carbocycles. The molecular formula is C8H12N4O4. The molecule has 0 atom stereocenters. The van der Waals surface area contributed by atoms with Crippen LogP contribution in [0.1, 0.15) is 0 Å². The second-order valence-electron chi connectivity index (χ2n) is 2.57. The van der Waals surface area contributed by atoms with Gasteiger partial charge in [0, 0.05) is 12.2 Å². The van der Waals surface area contributed by atoms with Gasteiger partial charge in [-0.2, -0.15) is 0 Å². The molecule has 8 nitrogen and oxygen atoms in total. The number of imide groups is 2. The number of nitrogens with two attached hydrogens (primary N) is 2. The molecule has 16 heavy (non-hydrogen) atoms. The fraction of sp³-hybridized carbons (Fsp3) is 0.250. The van der Waals surface area contributed by atoms with Crippen molar-refractivity contribution in [2.24, 2.45) is 11.5 Å². The summed E-state index contributed by atoms with van der Waals surface area (Å²) in [5, 5.41) is 3.75. The van der Waals surface area contributed by atoms with Crippen molar-refractivity contribution in [2.75, 3.05) is 13.1 Å². The minimum atomic E-state index is -0.800. The Hall–Kier alpha value is -2.06. The van der Waals surface area contributed by atoms with Crippen molar-refractivity contribution in [1.29, 1.82) is 0 Å². The Morgan fingerprint density at radius 2 is 1.12 bits per heavy atom. The van der Waals surface area contributed by atoms with E-state index in [9.17, 15) is 19.2 Å². The Balaban J connectivity index is 4.08. The fourth-order valence-corrected chi connectivity index (χ4v) is 0.612. The van der Waals surface area contributed by atoms with Crippen molar-refractivity contribution in [3.63, 3.8) is 0 Å². The number of rotatable bonds is 4. The zero-order valence-electron chi connectivity index (χ0n) is 8.36. The SMILES string of the molecule is NCC(=O)NC(=O)/C=C/C(=O)NC(=O)CN. The van der Waals surface area contributed by atoms with E-state index in [1.165, 1.54) is 0 Å². The molecule has 0 fully saturated rings. The Morgan fingerprint density at radius 3 is 1.38 bits per heavy atom. The van der Waals surface area contributed by atoms with E-state index in [4.69, 9.17) is 11.5 Å². The van der Waals surface area contributed by atoms with E-state index in [1.807, 2.05) is 10.6 Å². The van der Waals surface area contributed by atoms with Crippen molar-refractivity contribution in [3.8, 4) is 0 Å². The maximum atomic E-state index is 10.9. The Kier molecular flexibility index (Phi) is 6.33.